The second-order valence-corrected chi connectivity index (χ2v) is 6.75. The molecule has 2 heterocycles. The van der Waals surface area contributed by atoms with Gasteiger partial charge in [-0.15, -0.1) is 0 Å². The number of methoxy groups -OCH3 is 1. The fraction of sp³-hybridized carbons (Fsp3) is 0.526. The van der Waals surface area contributed by atoms with Crippen LogP contribution in [-0.2, 0) is 17.9 Å². The summed E-state index contributed by atoms with van der Waals surface area (Å²) < 4.78 is 52.2. The van der Waals surface area contributed by atoms with Crippen molar-refractivity contribution in [1.82, 2.24) is 10.1 Å². The van der Waals surface area contributed by atoms with Crippen molar-refractivity contribution in [2.75, 3.05) is 20.3 Å². The van der Waals surface area contributed by atoms with E-state index < -0.39 is 12.8 Å². The molecule has 0 aliphatic carbocycles. The maximum atomic E-state index is 12.3. The van der Waals surface area contributed by atoms with Crippen LogP contribution in [0, 0.1) is 6.92 Å². The molecule has 0 saturated carbocycles. The van der Waals surface area contributed by atoms with Crippen molar-refractivity contribution in [1.29, 1.82) is 0 Å². The molecule has 27 heavy (non-hydrogen) atoms. The van der Waals surface area contributed by atoms with E-state index in [4.69, 9.17) is 14.0 Å². The molecule has 8 heteroatoms. The van der Waals surface area contributed by atoms with Gasteiger partial charge in [0.2, 0.25) is 0 Å². The zero-order valence-electron chi connectivity index (χ0n) is 15.4. The third-order valence-electron chi connectivity index (χ3n) is 4.61. The van der Waals surface area contributed by atoms with Crippen LogP contribution in [0.3, 0.4) is 0 Å². The number of ether oxygens (including phenoxy) is 2. The second-order valence-electron chi connectivity index (χ2n) is 6.75. The van der Waals surface area contributed by atoms with Crippen LogP contribution in [0.5, 0.6) is 5.75 Å². The Morgan fingerprint density at radius 3 is 2.78 bits per heavy atom. The van der Waals surface area contributed by atoms with Gasteiger partial charge in [0.05, 0.1) is 19.8 Å². The van der Waals surface area contributed by atoms with Gasteiger partial charge in [-0.3, -0.25) is 4.90 Å². The average molecular weight is 384 g/mol. The molecule has 1 aliphatic heterocycles. The summed E-state index contributed by atoms with van der Waals surface area (Å²) in [6, 6.07) is 7.68. The van der Waals surface area contributed by atoms with Gasteiger partial charge in [0.1, 0.15) is 23.8 Å². The SMILES string of the molecule is COc1ccc(CN2CCC[C@H]2c2cc(C)on2)cc1COCC(F)(F)F. The van der Waals surface area contributed by atoms with E-state index in [9.17, 15) is 13.2 Å². The molecule has 0 bridgehead atoms. The lowest BCUT2D eigenvalue weighted by atomic mass is 10.1. The first-order chi connectivity index (χ1) is 12.9. The topological polar surface area (TPSA) is 47.7 Å². The molecular weight excluding hydrogens is 361 g/mol. The van der Waals surface area contributed by atoms with E-state index >= 15 is 0 Å². The molecule has 1 fully saturated rings. The molecule has 0 radical (unpaired) electrons. The van der Waals surface area contributed by atoms with Gasteiger partial charge >= 0.3 is 6.18 Å². The van der Waals surface area contributed by atoms with E-state index in [0.717, 1.165) is 36.4 Å². The highest BCUT2D eigenvalue weighted by atomic mass is 19.4. The summed E-state index contributed by atoms with van der Waals surface area (Å²) in [6.07, 6.45) is -2.28. The molecule has 1 atom stereocenters. The Labute approximate surface area is 156 Å². The minimum absolute atomic E-state index is 0.150. The van der Waals surface area contributed by atoms with Gasteiger partial charge < -0.3 is 14.0 Å². The first-order valence-corrected chi connectivity index (χ1v) is 8.83. The fourth-order valence-corrected chi connectivity index (χ4v) is 3.45. The molecule has 1 aliphatic rings. The van der Waals surface area contributed by atoms with Gasteiger partial charge in [0, 0.05) is 18.2 Å². The van der Waals surface area contributed by atoms with Crippen LogP contribution < -0.4 is 4.74 Å². The number of aryl methyl sites for hydroxylation is 1. The number of aromatic nitrogens is 1. The van der Waals surface area contributed by atoms with Crippen molar-refractivity contribution in [2.45, 2.75) is 45.1 Å². The standard InChI is InChI=1S/C19H23F3N2O3/c1-13-8-16(23-27-13)17-4-3-7-24(17)10-14-5-6-18(25-2)15(9-14)11-26-12-19(20,21)22/h5-6,8-9,17H,3-4,7,10-12H2,1-2H3/t17-/m0/s1. The summed E-state index contributed by atoms with van der Waals surface area (Å²) >= 11 is 0. The van der Waals surface area contributed by atoms with Crippen molar-refractivity contribution < 1.29 is 27.2 Å². The van der Waals surface area contributed by atoms with Crippen LogP contribution in [0.1, 0.15) is 41.5 Å². The number of alkyl halides is 3. The monoisotopic (exact) mass is 384 g/mol. The zero-order valence-corrected chi connectivity index (χ0v) is 15.4. The molecular formula is C19H23F3N2O3. The molecule has 1 saturated heterocycles. The summed E-state index contributed by atoms with van der Waals surface area (Å²) in [6.45, 7) is 2.05. The molecule has 0 amide bonds. The lowest BCUT2D eigenvalue weighted by Crippen LogP contribution is -2.23. The molecule has 2 aromatic rings. The Kier molecular flexibility index (Phi) is 6.06. The Balaban J connectivity index is 1.69. The molecule has 5 nitrogen and oxygen atoms in total. The summed E-state index contributed by atoms with van der Waals surface area (Å²) in [5.41, 5.74) is 2.52. The highest BCUT2D eigenvalue weighted by Gasteiger charge is 2.29. The van der Waals surface area contributed by atoms with E-state index in [1.165, 1.54) is 7.11 Å². The summed E-state index contributed by atoms with van der Waals surface area (Å²) in [4.78, 5) is 2.31. The quantitative estimate of drug-likeness (QED) is 0.708. The van der Waals surface area contributed by atoms with Crippen LogP contribution >= 0.6 is 0 Å². The van der Waals surface area contributed by atoms with Crippen LogP contribution in [0.15, 0.2) is 28.8 Å². The normalized spacial score (nSPS) is 18.2. The molecule has 0 unspecified atom stereocenters. The van der Waals surface area contributed by atoms with Gasteiger partial charge in [-0.2, -0.15) is 13.2 Å². The molecule has 1 aromatic carbocycles. The maximum Gasteiger partial charge on any atom is 0.411 e. The zero-order chi connectivity index (χ0) is 19.4. The summed E-state index contributed by atoms with van der Waals surface area (Å²) in [5.74, 6) is 1.30. The number of rotatable bonds is 7. The van der Waals surface area contributed by atoms with Gasteiger partial charge in [-0.25, -0.2) is 0 Å². The predicted octanol–water partition coefficient (Wildman–Crippen LogP) is 4.41. The molecule has 0 N–H and O–H groups in total. The minimum atomic E-state index is -4.34. The van der Waals surface area contributed by atoms with Crippen molar-refractivity contribution in [2.24, 2.45) is 0 Å². The van der Waals surface area contributed by atoms with Crippen molar-refractivity contribution >= 4 is 0 Å². The average Bonchev–Trinajstić information content (AvgIpc) is 3.22. The first-order valence-electron chi connectivity index (χ1n) is 8.83. The highest BCUT2D eigenvalue weighted by molar-refractivity contribution is 5.37. The third-order valence-corrected chi connectivity index (χ3v) is 4.61. The highest BCUT2D eigenvalue weighted by Crippen LogP contribution is 2.33. The van der Waals surface area contributed by atoms with Crippen LogP contribution in [0.2, 0.25) is 0 Å². The second kappa shape index (κ2) is 8.31. The Morgan fingerprint density at radius 1 is 1.30 bits per heavy atom. The van der Waals surface area contributed by atoms with E-state index in [1.54, 1.807) is 6.07 Å². The number of hydrogen-bond acceptors (Lipinski definition) is 5. The number of benzene rings is 1. The van der Waals surface area contributed by atoms with E-state index in [-0.39, 0.29) is 12.6 Å². The largest absolute Gasteiger partial charge is 0.496 e. The van der Waals surface area contributed by atoms with Gasteiger partial charge in [0.15, 0.2) is 0 Å². The minimum Gasteiger partial charge on any atom is -0.496 e. The third kappa shape index (κ3) is 5.23. The molecule has 0 spiro atoms. The van der Waals surface area contributed by atoms with Crippen molar-refractivity contribution in [3.8, 4) is 5.75 Å². The van der Waals surface area contributed by atoms with Crippen LogP contribution in [-0.4, -0.2) is 36.5 Å². The fourth-order valence-electron chi connectivity index (χ4n) is 3.45. The van der Waals surface area contributed by atoms with Crippen molar-refractivity contribution in [3.63, 3.8) is 0 Å². The van der Waals surface area contributed by atoms with Gasteiger partial charge in [-0.1, -0.05) is 11.2 Å². The van der Waals surface area contributed by atoms with Crippen LogP contribution in [0.4, 0.5) is 13.2 Å². The predicted molar refractivity (Wildman–Crippen MR) is 92.3 cm³/mol. The number of nitrogens with zero attached hydrogens (tertiary/aromatic N) is 2. The lowest BCUT2D eigenvalue weighted by molar-refractivity contribution is -0.176. The number of halogens is 3. The summed E-state index contributed by atoms with van der Waals surface area (Å²) in [7, 11) is 1.49. The Morgan fingerprint density at radius 2 is 2.11 bits per heavy atom. The number of hydrogen-bond donors (Lipinski definition) is 0. The van der Waals surface area contributed by atoms with Crippen molar-refractivity contribution in [3.05, 3.63) is 46.8 Å². The van der Waals surface area contributed by atoms with E-state index in [1.807, 2.05) is 25.1 Å². The number of likely N-dealkylation sites (tertiary alicyclic amines) is 1. The van der Waals surface area contributed by atoms with E-state index in [0.29, 0.717) is 17.9 Å². The molecule has 148 valence electrons. The van der Waals surface area contributed by atoms with Gasteiger partial charge in [-0.05, 0) is 44.0 Å². The summed E-state index contributed by atoms with van der Waals surface area (Å²) in [5, 5.41) is 4.13. The first kappa shape index (κ1) is 19.7. The lowest BCUT2D eigenvalue weighted by Gasteiger charge is -2.23. The maximum absolute atomic E-state index is 12.3. The smallest absolute Gasteiger partial charge is 0.411 e. The molecule has 1 aromatic heterocycles. The van der Waals surface area contributed by atoms with Gasteiger partial charge in [0.25, 0.3) is 0 Å². The molecule has 3 rings (SSSR count). The Bertz CT molecular complexity index is 761. The van der Waals surface area contributed by atoms with Crippen LogP contribution in [0.25, 0.3) is 0 Å². The van der Waals surface area contributed by atoms with E-state index in [2.05, 4.69) is 10.1 Å². The Hall–Kier alpha value is -2.06.